The van der Waals surface area contributed by atoms with Gasteiger partial charge in [-0.3, -0.25) is 4.79 Å². The van der Waals surface area contributed by atoms with E-state index >= 15 is 0 Å². The number of rotatable bonds is 3. The van der Waals surface area contributed by atoms with E-state index in [1.54, 1.807) is 0 Å². The molecule has 0 aromatic heterocycles. The molecule has 2 nitrogen and oxygen atoms in total. The Hall–Kier alpha value is -1.01. The first-order valence-corrected chi connectivity index (χ1v) is 4.83. The normalized spacial score (nSPS) is 11.5. The van der Waals surface area contributed by atoms with Crippen molar-refractivity contribution in [3.63, 3.8) is 0 Å². The van der Waals surface area contributed by atoms with Crippen LogP contribution in [-0.2, 0) is 0 Å². The summed E-state index contributed by atoms with van der Waals surface area (Å²) in [7, 11) is 0. The fourth-order valence-corrected chi connectivity index (χ4v) is 1.50. The van der Waals surface area contributed by atoms with Crippen LogP contribution < -0.4 is 5.73 Å². The van der Waals surface area contributed by atoms with Crippen molar-refractivity contribution in [3.8, 4) is 0 Å². The number of benzene rings is 1. The molecule has 0 unspecified atom stereocenters. The molecule has 0 bridgehead atoms. The summed E-state index contributed by atoms with van der Waals surface area (Å²) in [6.07, 6.45) is 0. The van der Waals surface area contributed by atoms with E-state index in [1.165, 1.54) is 24.3 Å². The second kappa shape index (κ2) is 4.67. The molecule has 0 atom stereocenters. The van der Waals surface area contributed by atoms with Crippen molar-refractivity contribution in [3.05, 3.63) is 29.8 Å². The van der Waals surface area contributed by atoms with Gasteiger partial charge in [-0.1, -0.05) is 12.1 Å². The number of nitrogens with two attached hydrogens (primary N) is 1. The van der Waals surface area contributed by atoms with E-state index in [9.17, 15) is 18.0 Å². The van der Waals surface area contributed by atoms with Crippen LogP contribution in [0.1, 0.15) is 10.4 Å². The topological polar surface area (TPSA) is 43.1 Å². The summed E-state index contributed by atoms with van der Waals surface area (Å²) in [4.78, 5) is 11.1. The zero-order valence-electron chi connectivity index (χ0n) is 7.54. The largest absolute Gasteiger partial charge is 0.446 e. The van der Waals surface area contributed by atoms with Gasteiger partial charge in [0.05, 0.1) is 6.54 Å². The van der Waals surface area contributed by atoms with Crippen LogP contribution in [0, 0.1) is 0 Å². The molecule has 15 heavy (non-hydrogen) atoms. The Labute approximate surface area is 88.6 Å². The summed E-state index contributed by atoms with van der Waals surface area (Å²) in [5.74, 6) is -0.293. The van der Waals surface area contributed by atoms with Crippen LogP contribution in [0.25, 0.3) is 0 Å². The molecular weight excluding hydrogens is 227 g/mol. The lowest BCUT2D eigenvalue weighted by atomic mass is 10.1. The second-order valence-electron chi connectivity index (χ2n) is 2.70. The molecule has 0 heterocycles. The van der Waals surface area contributed by atoms with Crippen LogP contribution in [0.2, 0.25) is 0 Å². The number of alkyl halides is 3. The summed E-state index contributed by atoms with van der Waals surface area (Å²) in [5, 5.41) is 0. The van der Waals surface area contributed by atoms with Crippen molar-refractivity contribution in [2.24, 2.45) is 5.73 Å². The van der Waals surface area contributed by atoms with Crippen LogP contribution in [0.15, 0.2) is 29.2 Å². The molecule has 0 radical (unpaired) electrons. The van der Waals surface area contributed by atoms with Gasteiger partial charge in [-0.25, -0.2) is 0 Å². The zero-order valence-corrected chi connectivity index (χ0v) is 8.36. The molecule has 0 spiro atoms. The predicted octanol–water partition coefficient (Wildman–Crippen LogP) is 2.44. The van der Waals surface area contributed by atoms with Crippen molar-refractivity contribution in [2.45, 2.75) is 10.4 Å². The average molecular weight is 235 g/mol. The fraction of sp³-hybridized carbons (Fsp3) is 0.222. The molecule has 0 amide bonds. The SMILES string of the molecule is NCC(=O)c1ccc(SC(F)(F)F)cc1. The Bertz CT molecular complexity index is 347. The minimum Gasteiger partial charge on any atom is -0.324 e. The van der Waals surface area contributed by atoms with E-state index in [1.807, 2.05) is 0 Å². The Morgan fingerprint density at radius 2 is 1.80 bits per heavy atom. The minimum absolute atomic E-state index is 0.0519. The van der Waals surface area contributed by atoms with E-state index in [4.69, 9.17) is 5.73 Å². The molecule has 0 fully saturated rings. The van der Waals surface area contributed by atoms with Crippen LogP contribution in [-0.4, -0.2) is 17.8 Å². The molecule has 0 aliphatic heterocycles. The Balaban J connectivity index is 2.77. The fourth-order valence-electron chi connectivity index (χ4n) is 0.960. The molecular formula is C9H8F3NOS. The highest BCUT2D eigenvalue weighted by Gasteiger charge is 2.29. The van der Waals surface area contributed by atoms with Gasteiger partial charge in [-0.05, 0) is 23.9 Å². The van der Waals surface area contributed by atoms with E-state index in [-0.39, 0.29) is 29.0 Å². The zero-order chi connectivity index (χ0) is 11.5. The molecule has 0 saturated heterocycles. The molecule has 0 saturated carbocycles. The number of ketones is 1. The molecule has 82 valence electrons. The standard InChI is InChI=1S/C9H8F3NOS/c10-9(11,12)15-7-3-1-6(2-4-7)8(14)5-13/h1-4H,5,13H2. The number of hydrogen-bond donors (Lipinski definition) is 1. The first kappa shape index (κ1) is 12.1. The third-order valence-electron chi connectivity index (χ3n) is 1.60. The molecule has 0 aliphatic rings. The molecule has 6 heteroatoms. The summed E-state index contributed by atoms with van der Waals surface area (Å²) in [6, 6.07) is 5.18. The summed E-state index contributed by atoms with van der Waals surface area (Å²) in [6.45, 7) is -0.147. The monoisotopic (exact) mass is 235 g/mol. The first-order valence-electron chi connectivity index (χ1n) is 4.01. The van der Waals surface area contributed by atoms with Gasteiger partial charge in [0.15, 0.2) is 5.78 Å². The van der Waals surface area contributed by atoms with Crippen LogP contribution in [0.5, 0.6) is 0 Å². The lowest BCUT2D eigenvalue weighted by Gasteiger charge is -2.05. The maximum absolute atomic E-state index is 11.9. The van der Waals surface area contributed by atoms with E-state index in [0.29, 0.717) is 5.56 Å². The lowest BCUT2D eigenvalue weighted by molar-refractivity contribution is -0.0328. The lowest BCUT2D eigenvalue weighted by Crippen LogP contribution is -2.13. The highest BCUT2D eigenvalue weighted by Crippen LogP contribution is 2.36. The van der Waals surface area contributed by atoms with Gasteiger partial charge in [0, 0.05) is 10.5 Å². The van der Waals surface area contributed by atoms with Crippen LogP contribution >= 0.6 is 11.8 Å². The number of Topliss-reactive ketones (excluding diaryl/α,β-unsaturated/α-hetero) is 1. The van der Waals surface area contributed by atoms with Gasteiger partial charge >= 0.3 is 5.51 Å². The Morgan fingerprint density at radius 3 is 2.20 bits per heavy atom. The molecule has 2 N–H and O–H groups in total. The van der Waals surface area contributed by atoms with Crippen LogP contribution in [0.4, 0.5) is 13.2 Å². The van der Waals surface area contributed by atoms with Crippen molar-refractivity contribution in [1.82, 2.24) is 0 Å². The summed E-state index contributed by atoms with van der Waals surface area (Å²) >= 11 is -0.214. The smallest absolute Gasteiger partial charge is 0.324 e. The number of halogens is 3. The minimum atomic E-state index is -4.31. The number of carbonyl (C=O) groups is 1. The van der Waals surface area contributed by atoms with Gasteiger partial charge in [0.25, 0.3) is 0 Å². The highest BCUT2D eigenvalue weighted by molar-refractivity contribution is 8.00. The third-order valence-corrected chi connectivity index (χ3v) is 2.33. The molecule has 1 aromatic carbocycles. The van der Waals surface area contributed by atoms with Gasteiger partial charge in [-0.2, -0.15) is 13.2 Å². The Kier molecular flexibility index (Phi) is 3.76. The van der Waals surface area contributed by atoms with E-state index in [0.717, 1.165) is 0 Å². The maximum atomic E-state index is 11.9. The highest BCUT2D eigenvalue weighted by atomic mass is 32.2. The van der Waals surface area contributed by atoms with Gasteiger partial charge in [0.1, 0.15) is 0 Å². The predicted molar refractivity (Wildman–Crippen MR) is 51.7 cm³/mol. The first-order chi connectivity index (χ1) is 6.92. The van der Waals surface area contributed by atoms with E-state index in [2.05, 4.69) is 0 Å². The van der Waals surface area contributed by atoms with Gasteiger partial charge in [-0.15, -0.1) is 0 Å². The molecule has 1 aromatic rings. The quantitative estimate of drug-likeness (QED) is 0.646. The van der Waals surface area contributed by atoms with Crippen LogP contribution in [0.3, 0.4) is 0 Å². The van der Waals surface area contributed by atoms with Gasteiger partial charge < -0.3 is 5.73 Å². The number of thioether (sulfide) groups is 1. The Morgan fingerprint density at radius 1 is 1.27 bits per heavy atom. The van der Waals surface area contributed by atoms with Crippen molar-refractivity contribution in [2.75, 3.05) is 6.54 Å². The summed E-state index contributed by atoms with van der Waals surface area (Å²) in [5.41, 5.74) is 1.13. The number of hydrogen-bond acceptors (Lipinski definition) is 3. The van der Waals surface area contributed by atoms with Crippen molar-refractivity contribution >= 4 is 17.5 Å². The van der Waals surface area contributed by atoms with Gasteiger partial charge in [0.2, 0.25) is 0 Å². The van der Waals surface area contributed by atoms with Crippen molar-refractivity contribution < 1.29 is 18.0 Å². The van der Waals surface area contributed by atoms with Crippen molar-refractivity contribution in [1.29, 1.82) is 0 Å². The molecule has 1 rings (SSSR count). The third kappa shape index (κ3) is 3.93. The maximum Gasteiger partial charge on any atom is 0.446 e. The second-order valence-corrected chi connectivity index (χ2v) is 3.84. The molecule has 0 aliphatic carbocycles. The average Bonchev–Trinajstić information content (AvgIpc) is 2.15. The summed E-state index contributed by atoms with van der Waals surface area (Å²) < 4.78 is 35.8. The number of carbonyl (C=O) groups excluding carboxylic acids is 1. The van der Waals surface area contributed by atoms with E-state index < -0.39 is 5.51 Å².